The third-order valence-corrected chi connectivity index (χ3v) is 5.22. The van der Waals surface area contributed by atoms with Crippen LogP contribution in [0.25, 0.3) is 5.82 Å². The SMILES string of the molecule is O=C(Nc1ccc(C2CNCCO2)cc1)c1cnn(-c2cc(C3CC3)ncn2)c1. The largest absolute Gasteiger partial charge is 0.371 e. The van der Waals surface area contributed by atoms with Crippen LogP contribution in [0.1, 0.15) is 46.5 Å². The van der Waals surface area contributed by atoms with E-state index < -0.39 is 0 Å². The van der Waals surface area contributed by atoms with Crippen molar-refractivity contribution in [2.75, 3.05) is 25.0 Å². The van der Waals surface area contributed by atoms with Crippen molar-refractivity contribution in [2.24, 2.45) is 0 Å². The van der Waals surface area contributed by atoms with Crippen LogP contribution in [0.3, 0.4) is 0 Å². The van der Waals surface area contributed by atoms with Gasteiger partial charge in [0.05, 0.1) is 24.5 Å². The zero-order chi connectivity index (χ0) is 19.6. The number of ether oxygens (including phenoxy) is 1. The predicted molar refractivity (Wildman–Crippen MR) is 107 cm³/mol. The molecule has 1 unspecified atom stereocenters. The second-order valence-electron chi connectivity index (χ2n) is 7.39. The van der Waals surface area contributed by atoms with Crippen molar-refractivity contribution < 1.29 is 9.53 Å². The van der Waals surface area contributed by atoms with Crippen LogP contribution >= 0.6 is 0 Å². The first kappa shape index (κ1) is 18.0. The van der Waals surface area contributed by atoms with Crippen LogP contribution in [-0.4, -0.2) is 45.4 Å². The maximum Gasteiger partial charge on any atom is 0.258 e. The molecule has 148 valence electrons. The molecule has 2 fully saturated rings. The molecule has 1 atom stereocenters. The highest BCUT2D eigenvalue weighted by Crippen LogP contribution is 2.39. The number of carbonyl (C=O) groups excluding carboxylic acids is 1. The number of anilines is 1. The maximum absolute atomic E-state index is 12.6. The summed E-state index contributed by atoms with van der Waals surface area (Å²) in [7, 11) is 0. The van der Waals surface area contributed by atoms with Gasteiger partial charge in [0.1, 0.15) is 6.33 Å². The van der Waals surface area contributed by atoms with Crippen LogP contribution < -0.4 is 10.6 Å². The van der Waals surface area contributed by atoms with E-state index in [9.17, 15) is 4.79 Å². The van der Waals surface area contributed by atoms with Crippen molar-refractivity contribution >= 4 is 11.6 Å². The average molecular weight is 390 g/mol. The summed E-state index contributed by atoms with van der Waals surface area (Å²) < 4.78 is 7.36. The first-order valence-electron chi connectivity index (χ1n) is 9.87. The van der Waals surface area contributed by atoms with Crippen LogP contribution in [-0.2, 0) is 4.74 Å². The molecular formula is C21H22N6O2. The van der Waals surface area contributed by atoms with Crippen LogP contribution in [0.4, 0.5) is 5.69 Å². The standard InChI is InChI=1S/C21H22N6O2/c28-21(26-17-5-3-15(4-6-17)19-11-22-7-8-29-19)16-10-25-27(12-16)20-9-18(14-1-2-14)23-13-24-20/h3-6,9-10,12-14,19,22H,1-2,7-8,11H2,(H,26,28). The minimum Gasteiger partial charge on any atom is -0.371 e. The number of amides is 1. The summed E-state index contributed by atoms with van der Waals surface area (Å²) in [4.78, 5) is 21.2. The molecular weight excluding hydrogens is 368 g/mol. The first-order chi connectivity index (χ1) is 14.3. The number of morpholine rings is 1. The fourth-order valence-corrected chi connectivity index (χ4v) is 3.42. The maximum atomic E-state index is 12.6. The van der Waals surface area contributed by atoms with Gasteiger partial charge >= 0.3 is 0 Å². The molecule has 1 saturated carbocycles. The van der Waals surface area contributed by atoms with Gasteiger partial charge in [0.25, 0.3) is 5.91 Å². The smallest absolute Gasteiger partial charge is 0.258 e. The molecule has 1 aromatic carbocycles. The lowest BCUT2D eigenvalue weighted by molar-refractivity contribution is 0.0277. The Morgan fingerprint density at radius 2 is 2.07 bits per heavy atom. The Morgan fingerprint density at radius 3 is 2.83 bits per heavy atom. The first-order valence-corrected chi connectivity index (χ1v) is 9.87. The van der Waals surface area contributed by atoms with E-state index in [0.717, 1.165) is 30.0 Å². The number of benzene rings is 1. The minimum absolute atomic E-state index is 0.0557. The van der Waals surface area contributed by atoms with Crippen molar-refractivity contribution in [3.05, 3.63) is 65.9 Å². The van der Waals surface area contributed by atoms with E-state index in [4.69, 9.17) is 4.74 Å². The molecule has 0 spiro atoms. The zero-order valence-corrected chi connectivity index (χ0v) is 15.9. The summed E-state index contributed by atoms with van der Waals surface area (Å²) in [6.07, 6.45) is 7.18. The number of rotatable bonds is 5. The summed E-state index contributed by atoms with van der Waals surface area (Å²) in [6, 6.07) is 9.69. The van der Waals surface area contributed by atoms with Gasteiger partial charge < -0.3 is 15.4 Å². The molecule has 0 radical (unpaired) electrons. The average Bonchev–Trinajstić information content (AvgIpc) is 3.51. The number of hydrogen-bond acceptors (Lipinski definition) is 6. The number of nitrogens with zero attached hydrogens (tertiary/aromatic N) is 4. The normalized spacial score (nSPS) is 19.1. The molecule has 3 aromatic rings. The highest BCUT2D eigenvalue weighted by Gasteiger charge is 2.25. The van der Waals surface area contributed by atoms with E-state index >= 15 is 0 Å². The molecule has 1 saturated heterocycles. The lowest BCUT2D eigenvalue weighted by atomic mass is 10.1. The van der Waals surface area contributed by atoms with Gasteiger partial charge in [-0.25, -0.2) is 14.6 Å². The van der Waals surface area contributed by atoms with Gasteiger partial charge in [-0.3, -0.25) is 4.79 Å². The van der Waals surface area contributed by atoms with Gasteiger partial charge in [-0.1, -0.05) is 12.1 Å². The molecule has 29 heavy (non-hydrogen) atoms. The number of aromatic nitrogens is 4. The van der Waals surface area contributed by atoms with E-state index in [0.29, 0.717) is 23.9 Å². The third kappa shape index (κ3) is 4.03. The van der Waals surface area contributed by atoms with Gasteiger partial charge in [0, 0.05) is 42.7 Å². The Hall–Kier alpha value is -3.10. The van der Waals surface area contributed by atoms with Gasteiger partial charge in [0.2, 0.25) is 0 Å². The molecule has 3 heterocycles. The van der Waals surface area contributed by atoms with Crippen LogP contribution in [0.15, 0.2) is 49.1 Å². The number of hydrogen-bond donors (Lipinski definition) is 2. The van der Waals surface area contributed by atoms with Gasteiger partial charge in [0.15, 0.2) is 5.82 Å². The minimum atomic E-state index is -0.212. The fourth-order valence-electron chi connectivity index (χ4n) is 3.42. The summed E-state index contributed by atoms with van der Waals surface area (Å²) >= 11 is 0. The molecule has 2 aliphatic rings. The molecule has 0 bridgehead atoms. The lowest BCUT2D eigenvalue weighted by Crippen LogP contribution is -2.33. The van der Waals surface area contributed by atoms with Crippen molar-refractivity contribution in [1.82, 2.24) is 25.1 Å². The Bertz CT molecular complexity index is 1010. The second-order valence-corrected chi connectivity index (χ2v) is 7.39. The molecule has 5 rings (SSSR count). The van der Waals surface area contributed by atoms with E-state index in [1.54, 1.807) is 23.4 Å². The van der Waals surface area contributed by atoms with E-state index in [2.05, 4.69) is 25.7 Å². The summed E-state index contributed by atoms with van der Waals surface area (Å²) in [5, 5.41) is 10.5. The topological polar surface area (TPSA) is 94.0 Å². The van der Waals surface area contributed by atoms with Crippen molar-refractivity contribution in [3.63, 3.8) is 0 Å². The highest BCUT2D eigenvalue weighted by atomic mass is 16.5. The highest BCUT2D eigenvalue weighted by molar-refractivity contribution is 6.03. The molecule has 8 heteroatoms. The third-order valence-electron chi connectivity index (χ3n) is 5.22. The quantitative estimate of drug-likeness (QED) is 0.695. The molecule has 2 N–H and O–H groups in total. The van der Waals surface area contributed by atoms with Gasteiger partial charge in [-0.05, 0) is 30.5 Å². The van der Waals surface area contributed by atoms with Crippen molar-refractivity contribution in [1.29, 1.82) is 0 Å². The number of nitrogens with one attached hydrogen (secondary N) is 2. The molecule has 1 amide bonds. The lowest BCUT2D eigenvalue weighted by Gasteiger charge is -2.24. The van der Waals surface area contributed by atoms with E-state index in [1.807, 2.05) is 30.3 Å². The Balaban J connectivity index is 1.26. The van der Waals surface area contributed by atoms with Gasteiger partial charge in [-0.15, -0.1) is 0 Å². The van der Waals surface area contributed by atoms with E-state index in [-0.39, 0.29) is 12.0 Å². The summed E-state index contributed by atoms with van der Waals surface area (Å²) in [5.41, 5.74) is 3.33. The summed E-state index contributed by atoms with van der Waals surface area (Å²) in [6.45, 7) is 2.40. The van der Waals surface area contributed by atoms with Crippen molar-refractivity contribution in [2.45, 2.75) is 24.9 Å². The monoisotopic (exact) mass is 390 g/mol. The molecule has 1 aliphatic carbocycles. The Kier molecular flexibility index (Phi) is 4.79. The molecule has 8 nitrogen and oxygen atoms in total. The van der Waals surface area contributed by atoms with Crippen LogP contribution in [0, 0.1) is 0 Å². The second kappa shape index (κ2) is 7.73. The molecule has 1 aliphatic heterocycles. The Labute approximate surface area is 168 Å². The van der Waals surface area contributed by atoms with Crippen LogP contribution in [0.5, 0.6) is 0 Å². The van der Waals surface area contributed by atoms with E-state index in [1.165, 1.54) is 12.8 Å². The van der Waals surface area contributed by atoms with Gasteiger partial charge in [-0.2, -0.15) is 5.10 Å². The van der Waals surface area contributed by atoms with Crippen LogP contribution in [0.2, 0.25) is 0 Å². The fraction of sp³-hybridized carbons (Fsp3) is 0.333. The zero-order valence-electron chi connectivity index (χ0n) is 15.9. The predicted octanol–water partition coefficient (Wildman–Crippen LogP) is 2.45. The van der Waals surface area contributed by atoms with Crippen molar-refractivity contribution in [3.8, 4) is 5.82 Å². The Morgan fingerprint density at radius 1 is 1.21 bits per heavy atom. The molecule has 2 aromatic heterocycles. The summed E-state index contributed by atoms with van der Waals surface area (Å²) in [5.74, 6) is 0.996. The number of carbonyl (C=O) groups is 1.